The van der Waals surface area contributed by atoms with Gasteiger partial charge in [0.15, 0.2) is 0 Å². The first kappa shape index (κ1) is 18.6. The van der Waals surface area contributed by atoms with Crippen LogP contribution >= 0.6 is 0 Å². The fraction of sp³-hybridized carbons (Fsp3) is 0.647. The summed E-state index contributed by atoms with van der Waals surface area (Å²) < 4.78 is 54.3. The van der Waals surface area contributed by atoms with Crippen LogP contribution in [0.2, 0.25) is 0 Å². The lowest BCUT2D eigenvalue weighted by molar-refractivity contribution is -0.00972. The second-order valence-electron chi connectivity index (χ2n) is 6.52. The van der Waals surface area contributed by atoms with Gasteiger partial charge in [0.25, 0.3) is 10.2 Å². The first-order valence-electron chi connectivity index (χ1n) is 8.82. The molecule has 0 aliphatic carbocycles. The molecule has 0 spiro atoms. The van der Waals surface area contributed by atoms with E-state index in [-0.39, 0.29) is 6.61 Å². The van der Waals surface area contributed by atoms with Crippen LogP contribution in [0.3, 0.4) is 0 Å². The molecule has 1 aromatic rings. The van der Waals surface area contributed by atoms with Crippen molar-refractivity contribution in [1.82, 2.24) is 9.03 Å². The van der Waals surface area contributed by atoms with Gasteiger partial charge in [0.2, 0.25) is 0 Å². The minimum Gasteiger partial charge on any atom is -0.486 e. The maximum Gasteiger partial charge on any atom is 0.279 e. The van der Waals surface area contributed by atoms with Crippen molar-refractivity contribution in [3.05, 3.63) is 30.1 Å². The predicted octanol–water partition coefficient (Wildman–Crippen LogP) is 2.07. The van der Waals surface area contributed by atoms with Crippen molar-refractivity contribution in [3.63, 3.8) is 0 Å². The predicted molar refractivity (Wildman–Crippen MR) is 92.1 cm³/mol. The molecule has 2 aliphatic heterocycles. The highest BCUT2D eigenvalue weighted by Crippen LogP contribution is 2.20. The zero-order valence-corrected chi connectivity index (χ0v) is 15.0. The van der Waals surface area contributed by atoms with Crippen molar-refractivity contribution < 1.29 is 22.3 Å². The molecule has 0 saturated carbocycles. The summed E-state index contributed by atoms with van der Waals surface area (Å²) in [5.41, 5.74) is 0. The molecule has 0 unspecified atom stereocenters. The van der Waals surface area contributed by atoms with E-state index in [0.29, 0.717) is 31.9 Å². The summed E-state index contributed by atoms with van der Waals surface area (Å²) in [4.78, 5) is 0. The third-order valence-electron chi connectivity index (χ3n) is 4.59. The van der Waals surface area contributed by atoms with E-state index in [4.69, 9.17) is 9.47 Å². The molecule has 8 heteroatoms. The molecule has 0 bridgehead atoms. The molecule has 1 N–H and O–H groups in total. The van der Waals surface area contributed by atoms with Crippen LogP contribution in [0.4, 0.5) is 4.39 Å². The number of hydrogen-bond donors (Lipinski definition) is 1. The van der Waals surface area contributed by atoms with Crippen LogP contribution in [0.1, 0.15) is 32.1 Å². The molecule has 3 rings (SSSR count). The highest BCUT2D eigenvalue weighted by Gasteiger charge is 2.33. The van der Waals surface area contributed by atoms with Crippen LogP contribution in [-0.4, -0.2) is 51.2 Å². The maximum atomic E-state index is 13.3. The average molecular weight is 372 g/mol. The number of nitrogens with one attached hydrogen (secondary N) is 1. The van der Waals surface area contributed by atoms with Crippen LogP contribution in [0.25, 0.3) is 0 Å². The molecule has 2 heterocycles. The van der Waals surface area contributed by atoms with Gasteiger partial charge in [-0.25, -0.2) is 4.39 Å². The zero-order chi connectivity index (χ0) is 17.7. The Labute approximate surface area is 148 Å². The third-order valence-corrected chi connectivity index (χ3v) is 6.24. The number of ether oxygens (including phenoxy) is 2. The maximum absolute atomic E-state index is 13.3. The minimum absolute atomic E-state index is 0.268. The normalized spacial score (nSPS) is 26.1. The molecular formula is C17H25FN2O4S. The zero-order valence-electron chi connectivity index (χ0n) is 14.2. The van der Waals surface area contributed by atoms with Crippen molar-refractivity contribution in [2.24, 2.45) is 0 Å². The van der Waals surface area contributed by atoms with Gasteiger partial charge in [0.05, 0.1) is 12.6 Å². The van der Waals surface area contributed by atoms with Crippen molar-refractivity contribution in [3.8, 4) is 5.75 Å². The van der Waals surface area contributed by atoms with Crippen LogP contribution in [0.15, 0.2) is 24.3 Å². The molecule has 1 aromatic carbocycles. The Kier molecular flexibility index (Phi) is 6.27. The number of rotatable bonds is 5. The Balaban J connectivity index is 1.67. The van der Waals surface area contributed by atoms with E-state index in [1.165, 1.54) is 16.4 Å². The quantitative estimate of drug-likeness (QED) is 0.859. The lowest BCUT2D eigenvalue weighted by Gasteiger charge is -2.33. The van der Waals surface area contributed by atoms with Crippen LogP contribution < -0.4 is 9.46 Å². The van der Waals surface area contributed by atoms with Gasteiger partial charge in [-0.15, -0.1) is 0 Å². The summed E-state index contributed by atoms with van der Waals surface area (Å²) in [7, 11) is -3.57. The standard InChI is InChI=1S/C17H25FN2O4S/c18-14-6-5-7-15(12-14)24-17-13-23-11-8-16(17)19-25(21,22)20-9-3-1-2-4-10-20/h5-7,12,16-17,19H,1-4,8-11,13H2/t16-,17-/m1/s1. The number of hydrogen-bond acceptors (Lipinski definition) is 4. The summed E-state index contributed by atoms with van der Waals surface area (Å²) in [5, 5.41) is 0. The molecule has 2 atom stereocenters. The topological polar surface area (TPSA) is 67.9 Å². The number of nitrogens with zero attached hydrogens (tertiary/aromatic N) is 1. The van der Waals surface area contributed by atoms with Crippen LogP contribution in [-0.2, 0) is 14.9 Å². The highest BCUT2D eigenvalue weighted by atomic mass is 32.2. The smallest absolute Gasteiger partial charge is 0.279 e. The van der Waals surface area contributed by atoms with E-state index in [2.05, 4.69) is 4.72 Å². The highest BCUT2D eigenvalue weighted by molar-refractivity contribution is 7.87. The summed E-state index contributed by atoms with van der Waals surface area (Å²) in [6.45, 7) is 1.84. The fourth-order valence-electron chi connectivity index (χ4n) is 3.23. The van der Waals surface area contributed by atoms with Crippen LogP contribution in [0, 0.1) is 5.82 Å². The van der Waals surface area contributed by atoms with E-state index in [1.807, 2.05) is 0 Å². The van der Waals surface area contributed by atoms with Crippen molar-refractivity contribution in [2.45, 2.75) is 44.2 Å². The average Bonchev–Trinajstić information content (AvgIpc) is 2.86. The van der Waals surface area contributed by atoms with Gasteiger partial charge in [-0.05, 0) is 31.4 Å². The lowest BCUT2D eigenvalue weighted by Crippen LogP contribution is -2.54. The monoisotopic (exact) mass is 372 g/mol. The Morgan fingerprint density at radius 3 is 2.68 bits per heavy atom. The third kappa shape index (κ3) is 5.13. The van der Waals surface area contributed by atoms with E-state index in [9.17, 15) is 12.8 Å². The van der Waals surface area contributed by atoms with Crippen molar-refractivity contribution in [1.29, 1.82) is 0 Å². The second kappa shape index (κ2) is 8.44. The lowest BCUT2D eigenvalue weighted by atomic mass is 10.1. The molecule has 6 nitrogen and oxygen atoms in total. The van der Waals surface area contributed by atoms with E-state index in [1.54, 1.807) is 12.1 Å². The van der Waals surface area contributed by atoms with Gasteiger partial charge < -0.3 is 9.47 Å². The summed E-state index contributed by atoms with van der Waals surface area (Å²) >= 11 is 0. The van der Waals surface area contributed by atoms with Gasteiger partial charge in [0, 0.05) is 25.8 Å². The molecule has 140 valence electrons. The molecule has 0 amide bonds. The Morgan fingerprint density at radius 2 is 1.96 bits per heavy atom. The largest absolute Gasteiger partial charge is 0.486 e. The van der Waals surface area contributed by atoms with Crippen molar-refractivity contribution in [2.75, 3.05) is 26.3 Å². The number of halogens is 1. The van der Waals surface area contributed by atoms with E-state index >= 15 is 0 Å². The molecule has 2 aliphatic rings. The van der Waals surface area contributed by atoms with Gasteiger partial charge in [0.1, 0.15) is 17.7 Å². The summed E-state index contributed by atoms with van der Waals surface area (Å²) in [6, 6.07) is 5.44. The molecule has 0 aromatic heterocycles. The Bertz CT molecular complexity index is 662. The molecule has 25 heavy (non-hydrogen) atoms. The summed E-state index contributed by atoms with van der Waals surface area (Å²) in [5.74, 6) is -0.0228. The SMILES string of the molecule is O=S(=O)(N[C@@H]1CCOC[C@H]1Oc1cccc(F)c1)N1CCCCCC1. The van der Waals surface area contributed by atoms with Gasteiger partial charge in [-0.1, -0.05) is 18.9 Å². The van der Waals surface area contributed by atoms with Crippen LogP contribution in [0.5, 0.6) is 5.75 Å². The van der Waals surface area contributed by atoms with Crippen molar-refractivity contribution >= 4 is 10.2 Å². The molecular weight excluding hydrogens is 347 g/mol. The first-order chi connectivity index (χ1) is 12.0. The minimum atomic E-state index is -3.57. The van der Waals surface area contributed by atoms with Gasteiger partial charge in [-0.3, -0.25) is 0 Å². The van der Waals surface area contributed by atoms with Gasteiger partial charge in [-0.2, -0.15) is 17.4 Å². The van der Waals surface area contributed by atoms with Gasteiger partial charge >= 0.3 is 0 Å². The molecule has 2 saturated heterocycles. The summed E-state index contributed by atoms with van der Waals surface area (Å²) in [6.07, 6.45) is 3.93. The number of benzene rings is 1. The van der Waals surface area contributed by atoms with E-state index in [0.717, 1.165) is 25.7 Å². The first-order valence-corrected chi connectivity index (χ1v) is 10.3. The Hall–Kier alpha value is -1.22. The van der Waals surface area contributed by atoms with E-state index < -0.39 is 28.2 Å². The molecule has 2 fully saturated rings. The Morgan fingerprint density at radius 1 is 1.20 bits per heavy atom. The fourth-order valence-corrected chi connectivity index (χ4v) is 4.77. The molecule has 0 radical (unpaired) electrons. The second-order valence-corrected chi connectivity index (χ2v) is 8.22.